The van der Waals surface area contributed by atoms with Crippen LogP contribution in [0.4, 0.5) is 0 Å². The summed E-state index contributed by atoms with van der Waals surface area (Å²) in [5, 5.41) is 0. The van der Waals surface area contributed by atoms with E-state index in [1.807, 2.05) is 0 Å². The Morgan fingerprint density at radius 2 is 1.35 bits per heavy atom. The molecule has 0 nitrogen and oxygen atoms in total. The lowest BCUT2D eigenvalue weighted by molar-refractivity contribution is 0.611. The van der Waals surface area contributed by atoms with Crippen LogP contribution in [0.15, 0.2) is 12.2 Å². The summed E-state index contributed by atoms with van der Waals surface area (Å²) in [5.74, 6) is 1.12. The Morgan fingerprint density at radius 3 is 2.10 bits per heavy atom. The van der Waals surface area contributed by atoms with E-state index in [-0.39, 0.29) is 0 Å². The lowest BCUT2D eigenvalue weighted by Crippen LogP contribution is -1.82. The second-order valence-electron chi connectivity index (χ2n) is 6.62. The maximum atomic E-state index is 2.52. The van der Waals surface area contributed by atoms with Crippen molar-refractivity contribution in [3.05, 3.63) is 18.6 Å². The second kappa shape index (κ2) is 13.7. The molecule has 1 rings (SSSR count). The molecular formula is C20H37. The molecule has 0 aliphatic heterocycles. The highest BCUT2D eigenvalue weighted by molar-refractivity contribution is 4.82. The van der Waals surface area contributed by atoms with Gasteiger partial charge in [-0.15, -0.1) is 0 Å². The molecule has 0 saturated heterocycles. The first kappa shape index (κ1) is 17.8. The molecule has 0 atom stereocenters. The lowest BCUT2D eigenvalue weighted by Gasteiger charge is -1.99. The van der Waals surface area contributed by atoms with Gasteiger partial charge in [-0.25, -0.2) is 0 Å². The molecule has 20 heavy (non-hydrogen) atoms. The van der Waals surface area contributed by atoms with Crippen molar-refractivity contribution in [2.45, 2.75) is 103 Å². The van der Waals surface area contributed by atoms with Crippen LogP contribution in [0.3, 0.4) is 0 Å². The van der Waals surface area contributed by atoms with Crippen LogP contribution < -0.4 is 0 Å². The molecule has 1 fully saturated rings. The summed E-state index contributed by atoms with van der Waals surface area (Å²) in [6.07, 6.45) is 28.4. The highest BCUT2D eigenvalue weighted by Gasteiger charge is 2.19. The van der Waals surface area contributed by atoms with Crippen molar-refractivity contribution in [3.63, 3.8) is 0 Å². The molecule has 0 N–H and O–H groups in total. The molecule has 1 aliphatic carbocycles. The van der Waals surface area contributed by atoms with Crippen LogP contribution in [0.2, 0.25) is 0 Å². The summed E-state index contributed by atoms with van der Waals surface area (Å²) in [7, 11) is 0. The van der Waals surface area contributed by atoms with Gasteiger partial charge in [0.05, 0.1) is 0 Å². The zero-order valence-electron chi connectivity index (χ0n) is 13.9. The highest BCUT2D eigenvalue weighted by Crippen LogP contribution is 2.34. The number of rotatable bonds is 15. The fraction of sp³-hybridized carbons (Fsp3) is 0.850. The molecule has 1 radical (unpaired) electrons. The van der Waals surface area contributed by atoms with E-state index in [1.165, 1.54) is 96.3 Å². The van der Waals surface area contributed by atoms with Gasteiger partial charge in [0.15, 0.2) is 0 Å². The first-order chi connectivity index (χ1) is 9.93. The molecule has 0 unspecified atom stereocenters. The molecule has 1 aliphatic rings. The molecule has 0 spiro atoms. The van der Waals surface area contributed by atoms with Crippen LogP contribution in [0, 0.1) is 12.3 Å². The van der Waals surface area contributed by atoms with E-state index in [1.54, 1.807) is 0 Å². The zero-order chi connectivity index (χ0) is 14.3. The number of unbranched alkanes of at least 4 members (excludes halogenated alkanes) is 11. The summed E-state index contributed by atoms with van der Waals surface area (Å²) < 4.78 is 0. The Labute approximate surface area is 128 Å². The largest absolute Gasteiger partial charge is 0.0885 e. The Bertz CT molecular complexity index is 212. The molecule has 0 amide bonds. The molecule has 0 aromatic rings. The molecule has 0 aromatic heterocycles. The van der Waals surface area contributed by atoms with Gasteiger partial charge >= 0.3 is 0 Å². The second-order valence-corrected chi connectivity index (χ2v) is 6.62. The van der Waals surface area contributed by atoms with Crippen molar-refractivity contribution >= 4 is 0 Å². The molecule has 117 valence electrons. The van der Waals surface area contributed by atoms with Crippen molar-refractivity contribution in [2.75, 3.05) is 0 Å². The predicted molar refractivity (Wildman–Crippen MR) is 91.9 cm³/mol. The normalized spacial score (nSPS) is 15.2. The minimum Gasteiger partial charge on any atom is -0.0885 e. The topological polar surface area (TPSA) is 0 Å². The first-order valence-corrected chi connectivity index (χ1v) is 9.40. The molecule has 0 heteroatoms. The molecule has 0 bridgehead atoms. The number of hydrogen-bond acceptors (Lipinski definition) is 0. The van der Waals surface area contributed by atoms with Crippen molar-refractivity contribution < 1.29 is 0 Å². The number of hydrogen-bond donors (Lipinski definition) is 0. The predicted octanol–water partition coefficient (Wildman–Crippen LogP) is 7.25. The summed E-state index contributed by atoms with van der Waals surface area (Å²) in [4.78, 5) is 0. The van der Waals surface area contributed by atoms with Crippen LogP contribution >= 0.6 is 0 Å². The third-order valence-electron chi connectivity index (χ3n) is 4.39. The van der Waals surface area contributed by atoms with Crippen molar-refractivity contribution in [2.24, 2.45) is 5.92 Å². The van der Waals surface area contributed by atoms with E-state index in [0.717, 1.165) is 5.92 Å². The Kier molecular flexibility index (Phi) is 12.2. The van der Waals surface area contributed by atoms with Crippen molar-refractivity contribution in [3.8, 4) is 0 Å². The van der Waals surface area contributed by atoms with Crippen LogP contribution in [0.1, 0.15) is 103 Å². The Morgan fingerprint density at radius 1 is 0.700 bits per heavy atom. The van der Waals surface area contributed by atoms with Crippen LogP contribution in [0.25, 0.3) is 0 Å². The average molecular weight is 278 g/mol. The van der Waals surface area contributed by atoms with Gasteiger partial charge in [-0.05, 0) is 44.4 Å². The third kappa shape index (κ3) is 12.8. The Hall–Kier alpha value is -0.260. The van der Waals surface area contributed by atoms with Gasteiger partial charge in [0, 0.05) is 0 Å². The van der Waals surface area contributed by atoms with Crippen LogP contribution in [-0.4, -0.2) is 0 Å². The van der Waals surface area contributed by atoms with E-state index >= 15 is 0 Å². The van der Waals surface area contributed by atoms with E-state index in [0.29, 0.717) is 0 Å². The monoisotopic (exact) mass is 277 g/mol. The summed E-state index contributed by atoms with van der Waals surface area (Å²) >= 11 is 0. The SMILES string of the molecule is CCCCCCCC/C=C\CCC[CH]CCCC1CC1. The van der Waals surface area contributed by atoms with E-state index in [2.05, 4.69) is 25.5 Å². The number of allylic oxidation sites excluding steroid dienone is 2. The maximum Gasteiger partial charge on any atom is -0.0351 e. The smallest absolute Gasteiger partial charge is 0.0351 e. The average Bonchev–Trinajstić information content (AvgIpc) is 3.27. The van der Waals surface area contributed by atoms with Gasteiger partial charge in [0.1, 0.15) is 0 Å². The molecular weight excluding hydrogens is 240 g/mol. The Balaban J connectivity index is 1.67. The van der Waals surface area contributed by atoms with E-state index in [9.17, 15) is 0 Å². The molecule has 1 saturated carbocycles. The third-order valence-corrected chi connectivity index (χ3v) is 4.39. The van der Waals surface area contributed by atoms with E-state index < -0.39 is 0 Å². The lowest BCUT2D eigenvalue weighted by atomic mass is 10.1. The van der Waals surface area contributed by atoms with E-state index in [4.69, 9.17) is 0 Å². The minimum atomic E-state index is 1.12. The fourth-order valence-electron chi connectivity index (χ4n) is 2.76. The standard InChI is InChI=1S/C20H37/c1-2-3-4-5-6-7-8-9-10-11-12-13-14-15-16-17-20-18-19-20/h9-10,14,20H,2-8,11-13,15-19H2,1H3/b10-9-. The van der Waals surface area contributed by atoms with Crippen LogP contribution in [-0.2, 0) is 0 Å². The fourth-order valence-corrected chi connectivity index (χ4v) is 2.76. The quantitative estimate of drug-likeness (QED) is 0.218. The first-order valence-electron chi connectivity index (χ1n) is 9.40. The van der Waals surface area contributed by atoms with Gasteiger partial charge in [0.25, 0.3) is 0 Å². The van der Waals surface area contributed by atoms with Gasteiger partial charge in [0.2, 0.25) is 0 Å². The van der Waals surface area contributed by atoms with Gasteiger partial charge in [-0.3, -0.25) is 0 Å². The molecule has 0 heterocycles. The minimum absolute atomic E-state index is 1.12. The van der Waals surface area contributed by atoms with Crippen LogP contribution in [0.5, 0.6) is 0 Å². The molecule has 0 aromatic carbocycles. The van der Waals surface area contributed by atoms with Gasteiger partial charge < -0.3 is 0 Å². The highest BCUT2D eigenvalue weighted by atomic mass is 14.3. The zero-order valence-corrected chi connectivity index (χ0v) is 13.9. The van der Waals surface area contributed by atoms with Gasteiger partial charge in [-0.2, -0.15) is 0 Å². The van der Waals surface area contributed by atoms with Crippen molar-refractivity contribution in [1.82, 2.24) is 0 Å². The van der Waals surface area contributed by atoms with Gasteiger partial charge in [-0.1, -0.05) is 83.3 Å². The maximum absolute atomic E-state index is 2.52. The summed E-state index contributed by atoms with van der Waals surface area (Å²) in [6.45, 7) is 2.29. The summed E-state index contributed by atoms with van der Waals surface area (Å²) in [5.41, 5.74) is 0. The summed E-state index contributed by atoms with van der Waals surface area (Å²) in [6, 6.07) is 0. The van der Waals surface area contributed by atoms with Crippen molar-refractivity contribution in [1.29, 1.82) is 0 Å².